The number of aliphatic carboxylic acids is 1. The standard InChI is InChI=1S/C8H10O2/c1-8(7(9)10)5-3-2-4-6-8/h3-6H,2H2,1H3,(H,9,10). The summed E-state index contributed by atoms with van der Waals surface area (Å²) in [6, 6.07) is 0. The second-order valence-electron chi connectivity index (χ2n) is 2.63. The zero-order chi connectivity index (χ0) is 7.61. The number of carboxylic acids is 1. The zero-order valence-electron chi connectivity index (χ0n) is 5.87. The summed E-state index contributed by atoms with van der Waals surface area (Å²) in [4.78, 5) is 10.6. The van der Waals surface area contributed by atoms with Crippen molar-refractivity contribution in [1.82, 2.24) is 0 Å². The van der Waals surface area contributed by atoms with E-state index in [1.807, 2.05) is 12.2 Å². The van der Waals surface area contributed by atoms with Gasteiger partial charge in [-0.05, 0) is 13.3 Å². The van der Waals surface area contributed by atoms with E-state index in [1.165, 1.54) is 0 Å². The molecule has 0 aromatic carbocycles. The molecule has 0 heterocycles. The summed E-state index contributed by atoms with van der Waals surface area (Å²) in [5, 5.41) is 8.70. The number of rotatable bonds is 1. The predicted molar refractivity (Wildman–Crippen MR) is 38.6 cm³/mol. The minimum Gasteiger partial charge on any atom is -0.480 e. The Morgan fingerprint density at radius 2 is 2.00 bits per heavy atom. The van der Waals surface area contributed by atoms with Crippen LogP contribution >= 0.6 is 0 Å². The van der Waals surface area contributed by atoms with Crippen LogP contribution in [0.4, 0.5) is 0 Å². The van der Waals surface area contributed by atoms with Crippen LogP contribution in [0.25, 0.3) is 0 Å². The molecule has 0 saturated carbocycles. The van der Waals surface area contributed by atoms with Gasteiger partial charge < -0.3 is 5.11 Å². The van der Waals surface area contributed by atoms with Crippen molar-refractivity contribution in [2.45, 2.75) is 13.3 Å². The van der Waals surface area contributed by atoms with Crippen molar-refractivity contribution in [3.63, 3.8) is 0 Å². The van der Waals surface area contributed by atoms with Crippen LogP contribution in [0.1, 0.15) is 13.3 Å². The van der Waals surface area contributed by atoms with Gasteiger partial charge in [-0.2, -0.15) is 0 Å². The number of allylic oxidation sites excluding steroid dienone is 2. The zero-order valence-corrected chi connectivity index (χ0v) is 5.87. The molecule has 54 valence electrons. The number of carboxylic acid groups (broad SMARTS) is 1. The van der Waals surface area contributed by atoms with Gasteiger partial charge in [-0.25, -0.2) is 0 Å². The highest BCUT2D eigenvalue weighted by Crippen LogP contribution is 2.24. The fourth-order valence-electron chi connectivity index (χ4n) is 0.902. The van der Waals surface area contributed by atoms with E-state index in [2.05, 4.69) is 0 Å². The topological polar surface area (TPSA) is 37.3 Å². The first-order chi connectivity index (χ1) is 4.65. The first-order valence-corrected chi connectivity index (χ1v) is 3.24. The molecule has 0 unspecified atom stereocenters. The molecule has 0 aromatic rings. The Hall–Kier alpha value is -1.05. The average molecular weight is 138 g/mol. The molecule has 1 aliphatic carbocycles. The van der Waals surface area contributed by atoms with Gasteiger partial charge in [0.25, 0.3) is 0 Å². The van der Waals surface area contributed by atoms with Gasteiger partial charge in [0, 0.05) is 0 Å². The van der Waals surface area contributed by atoms with Gasteiger partial charge in [0.15, 0.2) is 0 Å². The van der Waals surface area contributed by atoms with Crippen LogP contribution in [0.15, 0.2) is 24.3 Å². The summed E-state index contributed by atoms with van der Waals surface area (Å²) < 4.78 is 0. The molecule has 0 fully saturated rings. The fraction of sp³-hybridized carbons (Fsp3) is 0.375. The second kappa shape index (κ2) is 2.29. The van der Waals surface area contributed by atoms with Crippen molar-refractivity contribution in [2.24, 2.45) is 5.41 Å². The minimum atomic E-state index is -0.792. The van der Waals surface area contributed by atoms with Crippen molar-refractivity contribution in [3.8, 4) is 0 Å². The van der Waals surface area contributed by atoms with Crippen LogP contribution in [-0.2, 0) is 4.79 Å². The van der Waals surface area contributed by atoms with Crippen molar-refractivity contribution < 1.29 is 9.90 Å². The lowest BCUT2D eigenvalue weighted by Crippen LogP contribution is -2.23. The number of hydrogen-bond acceptors (Lipinski definition) is 1. The molecule has 0 saturated heterocycles. The molecule has 0 aromatic heterocycles. The van der Waals surface area contributed by atoms with Gasteiger partial charge in [0.2, 0.25) is 0 Å². The Bertz CT molecular complexity index is 189. The Balaban J connectivity index is 2.85. The van der Waals surface area contributed by atoms with E-state index in [0.717, 1.165) is 6.42 Å². The van der Waals surface area contributed by atoms with Crippen LogP contribution in [0, 0.1) is 5.41 Å². The highest BCUT2D eigenvalue weighted by atomic mass is 16.4. The van der Waals surface area contributed by atoms with Gasteiger partial charge in [-0.1, -0.05) is 24.3 Å². The van der Waals surface area contributed by atoms with Gasteiger partial charge in [-0.15, -0.1) is 0 Å². The molecular formula is C8H10O2. The fourth-order valence-corrected chi connectivity index (χ4v) is 0.902. The molecule has 1 rings (SSSR count). The summed E-state index contributed by atoms with van der Waals surface area (Å²) >= 11 is 0. The van der Waals surface area contributed by atoms with E-state index in [-0.39, 0.29) is 0 Å². The first kappa shape index (κ1) is 7.06. The number of hydrogen-bond donors (Lipinski definition) is 1. The lowest BCUT2D eigenvalue weighted by atomic mass is 9.87. The van der Waals surface area contributed by atoms with Crippen LogP contribution < -0.4 is 0 Å². The normalized spacial score (nSPS) is 20.9. The second-order valence-corrected chi connectivity index (χ2v) is 2.63. The molecule has 10 heavy (non-hydrogen) atoms. The lowest BCUT2D eigenvalue weighted by Gasteiger charge is -2.17. The van der Waals surface area contributed by atoms with Crippen LogP contribution in [0.3, 0.4) is 0 Å². The molecule has 0 spiro atoms. The molecule has 0 radical (unpaired) electrons. The van der Waals surface area contributed by atoms with Crippen molar-refractivity contribution in [2.75, 3.05) is 0 Å². The largest absolute Gasteiger partial charge is 0.480 e. The highest BCUT2D eigenvalue weighted by Gasteiger charge is 2.27. The predicted octanol–water partition coefficient (Wildman–Crippen LogP) is 1.59. The molecule has 2 nitrogen and oxygen atoms in total. The monoisotopic (exact) mass is 138 g/mol. The molecular weight excluding hydrogens is 128 g/mol. The van der Waals surface area contributed by atoms with E-state index >= 15 is 0 Å². The van der Waals surface area contributed by atoms with Crippen molar-refractivity contribution >= 4 is 5.97 Å². The molecule has 1 N–H and O–H groups in total. The Labute approximate surface area is 59.9 Å². The lowest BCUT2D eigenvalue weighted by molar-refractivity contribution is -0.142. The van der Waals surface area contributed by atoms with Gasteiger partial charge in [0.1, 0.15) is 5.41 Å². The Morgan fingerprint density at radius 3 is 2.30 bits per heavy atom. The average Bonchev–Trinajstić information content (AvgIpc) is 1.89. The first-order valence-electron chi connectivity index (χ1n) is 3.24. The third kappa shape index (κ3) is 1.10. The molecule has 0 bridgehead atoms. The van der Waals surface area contributed by atoms with E-state index in [0.29, 0.717) is 0 Å². The minimum absolute atomic E-state index is 0.766. The van der Waals surface area contributed by atoms with Crippen LogP contribution in [0.2, 0.25) is 0 Å². The van der Waals surface area contributed by atoms with E-state index < -0.39 is 11.4 Å². The van der Waals surface area contributed by atoms with Crippen LogP contribution in [-0.4, -0.2) is 11.1 Å². The smallest absolute Gasteiger partial charge is 0.317 e. The van der Waals surface area contributed by atoms with Crippen molar-refractivity contribution in [1.29, 1.82) is 0 Å². The molecule has 0 aliphatic heterocycles. The molecule has 2 heteroatoms. The summed E-state index contributed by atoms with van der Waals surface area (Å²) in [7, 11) is 0. The highest BCUT2D eigenvalue weighted by molar-refractivity contribution is 5.79. The van der Waals surface area contributed by atoms with Crippen LogP contribution in [0.5, 0.6) is 0 Å². The maximum Gasteiger partial charge on any atom is 0.317 e. The Morgan fingerprint density at radius 1 is 1.50 bits per heavy atom. The summed E-state index contributed by atoms with van der Waals surface area (Å²) in [5.41, 5.74) is -0.766. The van der Waals surface area contributed by atoms with E-state index in [1.54, 1.807) is 19.1 Å². The Kier molecular flexibility index (Phi) is 1.62. The SMILES string of the molecule is CC1(C(=O)O)C=CCC=C1. The molecule has 0 amide bonds. The summed E-state index contributed by atoms with van der Waals surface area (Å²) in [6.45, 7) is 1.68. The molecule has 0 atom stereocenters. The van der Waals surface area contributed by atoms with Gasteiger partial charge in [-0.3, -0.25) is 4.79 Å². The maximum absolute atomic E-state index is 10.6. The van der Waals surface area contributed by atoms with E-state index in [9.17, 15) is 4.79 Å². The van der Waals surface area contributed by atoms with Gasteiger partial charge in [0.05, 0.1) is 0 Å². The number of carbonyl (C=O) groups is 1. The summed E-state index contributed by atoms with van der Waals surface area (Å²) in [5.74, 6) is -0.792. The van der Waals surface area contributed by atoms with Crippen molar-refractivity contribution in [3.05, 3.63) is 24.3 Å². The third-order valence-corrected chi connectivity index (χ3v) is 1.66. The maximum atomic E-state index is 10.6. The molecule has 1 aliphatic rings. The quantitative estimate of drug-likeness (QED) is 0.559. The third-order valence-electron chi connectivity index (χ3n) is 1.66. The summed E-state index contributed by atoms with van der Waals surface area (Å²) in [6.07, 6.45) is 8.02. The van der Waals surface area contributed by atoms with Gasteiger partial charge >= 0.3 is 5.97 Å². The van der Waals surface area contributed by atoms with E-state index in [4.69, 9.17) is 5.11 Å².